The van der Waals surface area contributed by atoms with Crippen LogP contribution < -0.4 is 9.64 Å². The average Bonchev–Trinajstić information content (AvgIpc) is 2.82. The molecule has 1 fully saturated rings. The molecule has 1 aliphatic rings. The third-order valence-corrected chi connectivity index (χ3v) is 4.56. The normalized spacial score (nSPS) is 18.2. The molecule has 0 radical (unpaired) electrons. The van der Waals surface area contributed by atoms with Crippen molar-refractivity contribution < 1.29 is 9.53 Å². The summed E-state index contributed by atoms with van der Waals surface area (Å²) in [6, 6.07) is 12.0. The molecule has 1 saturated heterocycles. The van der Waals surface area contributed by atoms with E-state index in [1.807, 2.05) is 23.1 Å². The molecule has 1 aromatic heterocycles. The molecular formula is C19H24N4O2. The molecule has 1 aliphatic heterocycles. The van der Waals surface area contributed by atoms with E-state index in [0.717, 1.165) is 18.5 Å². The van der Waals surface area contributed by atoms with Gasteiger partial charge in [0.15, 0.2) is 0 Å². The van der Waals surface area contributed by atoms with Gasteiger partial charge in [0.05, 0.1) is 7.11 Å². The van der Waals surface area contributed by atoms with Crippen LogP contribution in [0.15, 0.2) is 42.6 Å². The molecule has 6 nitrogen and oxygen atoms in total. The van der Waals surface area contributed by atoms with Crippen LogP contribution in [0, 0.1) is 0 Å². The molecule has 2 aromatic rings. The van der Waals surface area contributed by atoms with Crippen molar-refractivity contribution in [1.29, 1.82) is 0 Å². The molecule has 0 saturated carbocycles. The van der Waals surface area contributed by atoms with E-state index in [4.69, 9.17) is 4.74 Å². The van der Waals surface area contributed by atoms with Crippen LogP contribution in [0.5, 0.6) is 5.88 Å². The van der Waals surface area contributed by atoms with Gasteiger partial charge in [-0.3, -0.25) is 4.79 Å². The van der Waals surface area contributed by atoms with Crippen molar-refractivity contribution in [3.8, 4) is 5.88 Å². The van der Waals surface area contributed by atoms with Gasteiger partial charge >= 0.3 is 0 Å². The highest BCUT2D eigenvalue weighted by atomic mass is 16.5. The molecule has 0 unspecified atom stereocenters. The number of methoxy groups -OCH3 is 1. The van der Waals surface area contributed by atoms with Gasteiger partial charge in [0, 0.05) is 44.4 Å². The maximum absolute atomic E-state index is 12.7. The van der Waals surface area contributed by atoms with Crippen molar-refractivity contribution in [2.24, 2.45) is 0 Å². The number of anilines is 1. The Labute approximate surface area is 148 Å². The highest BCUT2D eigenvalue weighted by Crippen LogP contribution is 2.21. The van der Waals surface area contributed by atoms with Crippen molar-refractivity contribution in [3.63, 3.8) is 0 Å². The van der Waals surface area contributed by atoms with Gasteiger partial charge < -0.3 is 14.5 Å². The number of carbonyl (C=O) groups excluding carboxylic acids is 1. The van der Waals surface area contributed by atoms with Crippen LogP contribution in [0.3, 0.4) is 0 Å². The van der Waals surface area contributed by atoms with Gasteiger partial charge in [-0.2, -0.15) is 4.98 Å². The van der Waals surface area contributed by atoms with Gasteiger partial charge in [0.2, 0.25) is 17.7 Å². The van der Waals surface area contributed by atoms with Crippen molar-refractivity contribution in [2.45, 2.75) is 32.4 Å². The molecular weight excluding hydrogens is 316 g/mol. The van der Waals surface area contributed by atoms with Crippen LogP contribution >= 0.6 is 0 Å². The summed E-state index contributed by atoms with van der Waals surface area (Å²) in [6.45, 7) is 4.10. The Balaban J connectivity index is 1.80. The average molecular weight is 340 g/mol. The molecule has 1 atom stereocenters. The summed E-state index contributed by atoms with van der Waals surface area (Å²) < 4.78 is 5.20. The van der Waals surface area contributed by atoms with Crippen LogP contribution in [0.25, 0.3) is 0 Å². The lowest BCUT2D eigenvalue weighted by molar-refractivity contribution is -0.133. The molecule has 1 aromatic carbocycles. The SMILES string of the molecule is CC[C@@H]1CN(c2nccc(OC)n2)CCC(=O)N1Cc1ccccc1. The Kier molecular flexibility index (Phi) is 5.48. The van der Waals surface area contributed by atoms with Gasteiger partial charge in [-0.15, -0.1) is 0 Å². The number of amides is 1. The van der Waals surface area contributed by atoms with Gasteiger partial charge in [0.1, 0.15) is 0 Å². The molecule has 6 heteroatoms. The third-order valence-electron chi connectivity index (χ3n) is 4.56. The molecule has 3 rings (SSSR count). The van der Waals surface area contributed by atoms with Gasteiger partial charge in [0.25, 0.3) is 0 Å². The van der Waals surface area contributed by atoms with E-state index in [1.54, 1.807) is 19.4 Å². The summed E-state index contributed by atoms with van der Waals surface area (Å²) >= 11 is 0. The topological polar surface area (TPSA) is 58.6 Å². The minimum Gasteiger partial charge on any atom is -0.481 e. The van der Waals surface area contributed by atoms with Crippen LogP contribution in [-0.2, 0) is 11.3 Å². The maximum atomic E-state index is 12.7. The number of hydrogen-bond donors (Lipinski definition) is 0. The van der Waals surface area contributed by atoms with E-state index in [2.05, 4.69) is 33.9 Å². The molecule has 1 amide bonds. The van der Waals surface area contributed by atoms with Gasteiger partial charge in [-0.05, 0) is 12.0 Å². The van der Waals surface area contributed by atoms with E-state index in [-0.39, 0.29) is 11.9 Å². The zero-order chi connectivity index (χ0) is 17.6. The minimum atomic E-state index is 0.130. The van der Waals surface area contributed by atoms with Crippen molar-refractivity contribution >= 4 is 11.9 Å². The first-order valence-corrected chi connectivity index (χ1v) is 8.66. The highest BCUT2D eigenvalue weighted by molar-refractivity contribution is 5.77. The predicted molar refractivity (Wildman–Crippen MR) is 96.5 cm³/mol. The second-order valence-corrected chi connectivity index (χ2v) is 6.16. The second kappa shape index (κ2) is 7.96. The molecule has 0 spiro atoms. The van der Waals surface area contributed by atoms with E-state index in [1.165, 1.54) is 0 Å². The van der Waals surface area contributed by atoms with E-state index in [9.17, 15) is 4.79 Å². The van der Waals surface area contributed by atoms with Crippen LogP contribution in [0.1, 0.15) is 25.3 Å². The first kappa shape index (κ1) is 17.2. The number of benzene rings is 1. The summed E-state index contributed by atoms with van der Waals surface area (Å²) in [4.78, 5) is 25.6. The van der Waals surface area contributed by atoms with Crippen LogP contribution in [0.4, 0.5) is 5.95 Å². The summed E-state index contributed by atoms with van der Waals surface area (Å²) in [5.41, 5.74) is 1.15. The second-order valence-electron chi connectivity index (χ2n) is 6.16. The summed E-state index contributed by atoms with van der Waals surface area (Å²) in [7, 11) is 1.59. The Morgan fingerprint density at radius 2 is 2.04 bits per heavy atom. The quantitative estimate of drug-likeness (QED) is 0.837. The number of aromatic nitrogens is 2. The lowest BCUT2D eigenvalue weighted by Crippen LogP contribution is -2.42. The maximum Gasteiger partial charge on any atom is 0.228 e. The highest BCUT2D eigenvalue weighted by Gasteiger charge is 2.29. The first-order chi connectivity index (χ1) is 12.2. The zero-order valence-corrected chi connectivity index (χ0v) is 14.8. The lowest BCUT2D eigenvalue weighted by Gasteiger charge is -2.31. The first-order valence-electron chi connectivity index (χ1n) is 8.66. The molecule has 0 bridgehead atoms. The zero-order valence-electron chi connectivity index (χ0n) is 14.8. The van der Waals surface area contributed by atoms with Gasteiger partial charge in [-0.1, -0.05) is 37.3 Å². The Hall–Kier alpha value is -2.63. The minimum absolute atomic E-state index is 0.130. The smallest absolute Gasteiger partial charge is 0.228 e. The number of carbonyl (C=O) groups is 1. The standard InChI is InChI=1S/C19H24N4O2/c1-3-16-14-22(19-20-11-9-17(21-19)25-2)12-10-18(24)23(16)13-15-7-5-4-6-8-15/h4-9,11,16H,3,10,12-14H2,1-2H3/t16-/m1/s1. The van der Waals surface area contributed by atoms with Crippen molar-refractivity contribution in [2.75, 3.05) is 25.1 Å². The fraction of sp³-hybridized carbons (Fsp3) is 0.421. The van der Waals surface area contributed by atoms with Crippen LogP contribution in [-0.4, -0.2) is 47.0 Å². The number of ether oxygens (including phenoxy) is 1. The molecule has 25 heavy (non-hydrogen) atoms. The van der Waals surface area contributed by atoms with Crippen molar-refractivity contribution in [1.82, 2.24) is 14.9 Å². The number of hydrogen-bond acceptors (Lipinski definition) is 5. The Morgan fingerprint density at radius 3 is 2.76 bits per heavy atom. The predicted octanol–water partition coefficient (Wildman–Crippen LogP) is 2.50. The monoisotopic (exact) mass is 340 g/mol. The molecule has 0 N–H and O–H groups in total. The lowest BCUT2D eigenvalue weighted by atomic mass is 10.1. The summed E-state index contributed by atoms with van der Waals surface area (Å²) in [5.74, 6) is 1.34. The number of nitrogens with zero attached hydrogens (tertiary/aromatic N) is 4. The Bertz CT molecular complexity index is 708. The largest absolute Gasteiger partial charge is 0.481 e. The fourth-order valence-electron chi connectivity index (χ4n) is 3.15. The molecule has 2 heterocycles. The van der Waals surface area contributed by atoms with Crippen molar-refractivity contribution in [3.05, 3.63) is 48.2 Å². The summed E-state index contributed by atoms with van der Waals surface area (Å²) in [6.07, 6.45) is 3.04. The Morgan fingerprint density at radius 1 is 1.24 bits per heavy atom. The van der Waals surface area contributed by atoms with Gasteiger partial charge in [-0.25, -0.2) is 4.98 Å². The van der Waals surface area contributed by atoms with E-state index >= 15 is 0 Å². The summed E-state index contributed by atoms with van der Waals surface area (Å²) in [5, 5.41) is 0. The molecule has 132 valence electrons. The van der Waals surface area contributed by atoms with E-state index in [0.29, 0.717) is 31.3 Å². The van der Waals surface area contributed by atoms with Crippen LogP contribution in [0.2, 0.25) is 0 Å². The molecule has 0 aliphatic carbocycles. The third kappa shape index (κ3) is 4.07. The van der Waals surface area contributed by atoms with E-state index < -0.39 is 0 Å². The number of rotatable bonds is 5. The fourth-order valence-corrected chi connectivity index (χ4v) is 3.15.